The Labute approximate surface area is 96.8 Å². The van der Waals surface area contributed by atoms with E-state index in [2.05, 4.69) is 4.98 Å². The van der Waals surface area contributed by atoms with E-state index in [4.69, 9.17) is 20.0 Å². The van der Waals surface area contributed by atoms with Gasteiger partial charge in [-0.2, -0.15) is 4.98 Å². The summed E-state index contributed by atoms with van der Waals surface area (Å²) >= 11 is 0. The van der Waals surface area contributed by atoms with Gasteiger partial charge in [0.1, 0.15) is 12.2 Å². The van der Waals surface area contributed by atoms with Crippen molar-refractivity contribution in [3.8, 4) is 6.01 Å². The van der Waals surface area contributed by atoms with Crippen LogP contribution < -0.4 is 10.2 Å². The zero-order valence-corrected chi connectivity index (χ0v) is 9.20. The third kappa shape index (κ3) is 1.40. The molecule has 0 spiro atoms. The second-order valence-corrected chi connectivity index (χ2v) is 4.28. The lowest BCUT2D eigenvalue weighted by molar-refractivity contribution is -0.0435. The van der Waals surface area contributed by atoms with Gasteiger partial charge in [0, 0.05) is 11.8 Å². The van der Waals surface area contributed by atoms with Gasteiger partial charge in [-0.15, -0.1) is 0 Å². The topological polar surface area (TPSA) is 101 Å². The minimum Gasteiger partial charge on any atom is -0.454 e. The van der Waals surface area contributed by atoms with E-state index in [1.807, 2.05) is 0 Å². The van der Waals surface area contributed by atoms with E-state index >= 15 is 0 Å². The number of aromatic nitrogens is 2. The lowest BCUT2D eigenvalue weighted by atomic mass is 10.1. The largest absolute Gasteiger partial charge is 0.454 e. The maximum Gasteiger partial charge on any atom is 0.301 e. The van der Waals surface area contributed by atoms with Gasteiger partial charge in [-0.05, 0) is 6.92 Å². The molecule has 17 heavy (non-hydrogen) atoms. The van der Waals surface area contributed by atoms with Crippen LogP contribution in [0.4, 0.5) is 0 Å². The quantitative estimate of drug-likeness (QED) is 0.564. The molecule has 1 aromatic rings. The zero-order chi connectivity index (χ0) is 12.2. The molecular formula is C10H13N3O4. The molecule has 0 bridgehead atoms. The molecule has 0 aromatic carbocycles. The van der Waals surface area contributed by atoms with Crippen LogP contribution in [0.25, 0.3) is 0 Å². The first-order valence-corrected chi connectivity index (χ1v) is 5.37. The van der Waals surface area contributed by atoms with Crippen LogP contribution in [-0.2, 0) is 4.74 Å². The zero-order valence-electron chi connectivity index (χ0n) is 9.20. The molecule has 4 atom stereocenters. The predicted octanol–water partition coefficient (Wildman–Crippen LogP) is -1.32. The summed E-state index contributed by atoms with van der Waals surface area (Å²) < 4.78 is 12.6. The van der Waals surface area contributed by atoms with Crippen molar-refractivity contribution in [3.05, 3.63) is 17.2 Å². The van der Waals surface area contributed by atoms with E-state index in [1.54, 1.807) is 17.7 Å². The van der Waals surface area contributed by atoms with Crippen molar-refractivity contribution in [2.75, 3.05) is 6.61 Å². The van der Waals surface area contributed by atoms with Crippen molar-refractivity contribution >= 4 is 0 Å². The fourth-order valence-corrected chi connectivity index (χ4v) is 2.18. The van der Waals surface area contributed by atoms with Crippen LogP contribution in [0, 0.1) is 12.3 Å². The lowest BCUT2D eigenvalue weighted by Gasteiger charge is -2.14. The van der Waals surface area contributed by atoms with E-state index in [0.717, 1.165) is 0 Å². The van der Waals surface area contributed by atoms with Crippen molar-refractivity contribution < 1.29 is 19.7 Å². The average molecular weight is 239 g/mol. The Morgan fingerprint density at radius 3 is 3.06 bits per heavy atom. The number of rotatable bonds is 1. The first-order chi connectivity index (χ1) is 8.11. The van der Waals surface area contributed by atoms with E-state index in [9.17, 15) is 5.11 Å². The highest BCUT2D eigenvalue weighted by atomic mass is 16.6. The highest BCUT2D eigenvalue weighted by Gasteiger charge is 2.50. The molecule has 0 radical (unpaired) electrons. The Morgan fingerprint density at radius 2 is 2.35 bits per heavy atom. The summed E-state index contributed by atoms with van der Waals surface area (Å²) in [5.41, 5.74) is 0.841. The summed E-state index contributed by atoms with van der Waals surface area (Å²) in [5.74, 6) is 0. The number of nitrogens with one attached hydrogen (secondary N) is 1. The fourth-order valence-electron chi connectivity index (χ4n) is 2.18. The molecule has 2 unspecified atom stereocenters. The summed E-state index contributed by atoms with van der Waals surface area (Å²) in [5, 5.41) is 26.5. The van der Waals surface area contributed by atoms with E-state index < -0.39 is 24.5 Å². The molecule has 2 aliphatic rings. The predicted molar refractivity (Wildman–Crippen MR) is 54.2 cm³/mol. The van der Waals surface area contributed by atoms with Crippen LogP contribution in [0.3, 0.4) is 0 Å². The van der Waals surface area contributed by atoms with Gasteiger partial charge in [-0.25, -0.2) is 0 Å². The molecule has 3 N–H and O–H groups in total. The van der Waals surface area contributed by atoms with Gasteiger partial charge in [0.2, 0.25) is 0 Å². The van der Waals surface area contributed by atoms with E-state index in [0.29, 0.717) is 5.56 Å². The molecule has 3 rings (SSSR count). The van der Waals surface area contributed by atoms with Crippen molar-refractivity contribution in [1.82, 2.24) is 9.55 Å². The van der Waals surface area contributed by atoms with Gasteiger partial charge in [0.25, 0.3) is 0 Å². The van der Waals surface area contributed by atoms with Crippen LogP contribution in [0.2, 0.25) is 0 Å². The van der Waals surface area contributed by atoms with Crippen LogP contribution >= 0.6 is 0 Å². The monoisotopic (exact) mass is 239 g/mol. The van der Waals surface area contributed by atoms with Crippen molar-refractivity contribution in [3.63, 3.8) is 0 Å². The minimum absolute atomic E-state index is 0.143. The number of hydrogen-bond acceptors (Lipinski definition) is 6. The summed E-state index contributed by atoms with van der Waals surface area (Å²) in [4.78, 5) is 3.97. The molecule has 1 saturated heterocycles. The molecule has 0 aliphatic carbocycles. The van der Waals surface area contributed by atoms with Crippen molar-refractivity contribution in [2.45, 2.75) is 31.5 Å². The molecule has 3 heterocycles. The number of hydrogen-bond donors (Lipinski definition) is 3. The normalized spacial score (nSPS) is 34.3. The minimum atomic E-state index is -0.888. The second-order valence-electron chi connectivity index (χ2n) is 4.28. The van der Waals surface area contributed by atoms with Crippen LogP contribution in [0.15, 0.2) is 6.20 Å². The third-order valence-corrected chi connectivity index (χ3v) is 3.14. The Morgan fingerprint density at radius 1 is 1.59 bits per heavy atom. The first kappa shape index (κ1) is 10.7. The highest BCUT2D eigenvalue weighted by molar-refractivity contribution is 5.14. The standard InChI is InChI=1S/C10H13N3O4/c1-4-2-13-9-7(6(15)5(3-14)16-9)17-10(13)12-8(4)11/h2,5-7,9,11,14-15H,3H2,1H3/t5?,6?,7-,9+/m1/s1. The van der Waals surface area contributed by atoms with Gasteiger partial charge in [0.05, 0.1) is 6.61 Å². The van der Waals surface area contributed by atoms with Crippen LogP contribution in [0.1, 0.15) is 11.8 Å². The van der Waals surface area contributed by atoms with Gasteiger partial charge < -0.3 is 19.7 Å². The molecule has 1 fully saturated rings. The third-order valence-electron chi connectivity index (χ3n) is 3.14. The van der Waals surface area contributed by atoms with Crippen molar-refractivity contribution in [2.24, 2.45) is 0 Å². The van der Waals surface area contributed by atoms with Gasteiger partial charge >= 0.3 is 6.01 Å². The van der Waals surface area contributed by atoms with Gasteiger partial charge in [-0.1, -0.05) is 0 Å². The van der Waals surface area contributed by atoms with Crippen LogP contribution in [0.5, 0.6) is 6.01 Å². The molecular weight excluding hydrogens is 226 g/mol. The number of fused-ring (bicyclic) bond motifs is 3. The Balaban J connectivity index is 2.02. The number of aryl methyl sites for hydroxylation is 1. The second kappa shape index (κ2) is 3.52. The maximum atomic E-state index is 9.87. The molecule has 7 heteroatoms. The maximum absolute atomic E-state index is 9.87. The SMILES string of the molecule is Cc1cn2c(nc1=N)O[C@@H]1C(O)C(CO)O[C@@H]12. The molecule has 7 nitrogen and oxygen atoms in total. The summed E-state index contributed by atoms with van der Waals surface area (Å²) in [7, 11) is 0. The summed E-state index contributed by atoms with van der Waals surface area (Å²) in [6, 6.07) is 0.269. The molecule has 92 valence electrons. The molecule has 2 aliphatic heterocycles. The van der Waals surface area contributed by atoms with Crippen molar-refractivity contribution in [1.29, 1.82) is 5.41 Å². The number of aliphatic hydroxyl groups is 2. The number of aliphatic hydroxyl groups excluding tert-OH is 2. The number of ether oxygens (including phenoxy) is 2. The first-order valence-electron chi connectivity index (χ1n) is 5.37. The molecule has 1 aromatic heterocycles. The van der Waals surface area contributed by atoms with E-state index in [1.165, 1.54) is 0 Å². The summed E-state index contributed by atoms with van der Waals surface area (Å²) in [6.45, 7) is 1.52. The van der Waals surface area contributed by atoms with Crippen LogP contribution in [-0.4, -0.2) is 44.7 Å². The van der Waals surface area contributed by atoms with E-state index in [-0.39, 0.29) is 18.1 Å². The smallest absolute Gasteiger partial charge is 0.301 e. The number of nitrogens with zero attached hydrogens (tertiary/aromatic N) is 2. The average Bonchev–Trinajstić information content (AvgIpc) is 2.78. The van der Waals surface area contributed by atoms with Gasteiger partial charge in [-0.3, -0.25) is 9.98 Å². The summed E-state index contributed by atoms with van der Waals surface area (Å²) in [6.07, 6.45) is -0.866. The Bertz CT molecular complexity index is 515. The highest BCUT2D eigenvalue weighted by Crippen LogP contribution is 2.38. The molecule has 0 amide bonds. The lowest BCUT2D eigenvalue weighted by Crippen LogP contribution is -2.34. The Kier molecular flexibility index (Phi) is 2.22. The molecule has 0 saturated carbocycles. The van der Waals surface area contributed by atoms with Gasteiger partial charge in [0.15, 0.2) is 17.8 Å². The fraction of sp³-hybridized carbons (Fsp3) is 0.600. The Hall–Kier alpha value is -1.44.